The molecule has 5 heteroatoms. The van der Waals surface area contributed by atoms with Crippen LogP contribution in [-0.2, 0) is 4.79 Å². The highest BCUT2D eigenvalue weighted by Crippen LogP contribution is 2.39. The highest BCUT2D eigenvalue weighted by atomic mass is 16.1. The third-order valence-electron chi connectivity index (χ3n) is 4.11. The summed E-state index contributed by atoms with van der Waals surface area (Å²) in [6.07, 6.45) is 2.59. The molecule has 2 aromatic carbocycles. The first-order valence-corrected chi connectivity index (χ1v) is 8.06. The predicted molar refractivity (Wildman–Crippen MR) is 96.4 cm³/mol. The number of carbonyl (C=O) groups is 1. The minimum absolute atomic E-state index is 0.145. The molecule has 0 amide bonds. The largest absolute Gasteiger partial charge is 0.290 e. The van der Waals surface area contributed by atoms with Crippen molar-refractivity contribution < 1.29 is 4.79 Å². The third kappa shape index (κ3) is 2.80. The van der Waals surface area contributed by atoms with Gasteiger partial charge in [0, 0.05) is 0 Å². The van der Waals surface area contributed by atoms with Gasteiger partial charge in [-0.15, -0.1) is 5.11 Å². The summed E-state index contributed by atoms with van der Waals surface area (Å²) in [5.74, 6) is 0.489. The smallest absolute Gasteiger partial charge is 0.226 e. The van der Waals surface area contributed by atoms with Gasteiger partial charge < -0.3 is 0 Å². The minimum atomic E-state index is -0.730. The van der Waals surface area contributed by atoms with Gasteiger partial charge in [0.05, 0.1) is 11.3 Å². The van der Waals surface area contributed by atoms with Crippen LogP contribution in [0.5, 0.6) is 0 Å². The predicted octanol–water partition coefficient (Wildman–Crippen LogP) is 4.74. The maximum Gasteiger partial charge on any atom is 0.226 e. The lowest BCUT2D eigenvalue weighted by Gasteiger charge is -2.03. The van der Waals surface area contributed by atoms with Crippen LogP contribution in [0, 0.1) is 6.92 Å². The molecule has 1 atom stereocenters. The monoisotopic (exact) mass is 328 g/mol. The Morgan fingerprint density at radius 1 is 1.04 bits per heavy atom. The molecule has 0 saturated carbocycles. The van der Waals surface area contributed by atoms with Crippen LogP contribution in [0.25, 0.3) is 17.2 Å². The van der Waals surface area contributed by atoms with Crippen molar-refractivity contribution in [3.63, 3.8) is 0 Å². The van der Waals surface area contributed by atoms with E-state index >= 15 is 0 Å². The Labute approximate surface area is 145 Å². The van der Waals surface area contributed by atoms with Crippen molar-refractivity contribution >= 4 is 17.7 Å². The molecule has 1 unspecified atom stereocenters. The van der Waals surface area contributed by atoms with Gasteiger partial charge in [0.1, 0.15) is 0 Å². The fourth-order valence-corrected chi connectivity index (χ4v) is 2.91. The molecule has 3 aromatic rings. The average Bonchev–Trinajstić information content (AvgIpc) is 3.19. The number of hydrogen-bond donors (Lipinski definition) is 0. The zero-order chi connectivity index (χ0) is 17.2. The van der Waals surface area contributed by atoms with Crippen LogP contribution in [0.4, 0.5) is 5.82 Å². The molecule has 25 heavy (non-hydrogen) atoms. The molecule has 0 radical (unpaired) electrons. The summed E-state index contributed by atoms with van der Waals surface area (Å²) in [4.78, 5) is 12.5. The molecular formula is C20H16N4O. The number of azo groups is 1. The zero-order valence-corrected chi connectivity index (χ0v) is 13.7. The summed E-state index contributed by atoms with van der Waals surface area (Å²) in [7, 11) is 0. The standard InChI is InChI=1S/C20H16N4O/c1-14-18(16-10-6-3-7-11-16)20-22-21-19(24(20)23-14)17(25)13-12-15-8-4-2-5-9-15/h2-13,19H,1H3. The minimum Gasteiger partial charge on any atom is -0.290 e. The van der Waals surface area contributed by atoms with Crippen LogP contribution < -0.4 is 0 Å². The number of carbonyl (C=O) groups excluding carboxylic acids is 1. The van der Waals surface area contributed by atoms with E-state index in [0.717, 1.165) is 22.4 Å². The van der Waals surface area contributed by atoms with E-state index in [4.69, 9.17) is 0 Å². The topological polar surface area (TPSA) is 59.6 Å². The van der Waals surface area contributed by atoms with Crippen molar-refractivity contribution in [1.82, 2.24) is 9.78 Å². The quantitative estimate of drug-likeness (QED) is 0.650. The van der Waals surface area contributed by atoms with Crippen molar-refractivity contribution in [2.45, 2.75) is 13.1 Å². The second-order valence-corrected chi connectivity index (χ2v) is 5.83. The molecule has 5 nitrogen and oxygen atoms in total. The summed E-state index contributed by atoms with van der Waals surface area (Å²) < 4.78 is 1.61. The molecule has 2 heterocycles. The number of nitrogens with zero attached hydrogens (tertiary/aromatic N) is 4. The summed E-state index contributed by atoms with van der Waals surface area (Å²) in [5, 5.41) is 12.9. The normalized spacial score (nSPS) is 15.6. The van der Waals surface area contributed by atoms with Gasteiger partial charge in [-0.25, -0.2) is 4.68 Å². The average molecular weight is 328 g/mol. The zero-order valence-electron chi connectivity index (χ0n) is 13.7. The highest BCUT2D eigenvalue weighted by Gasteiger charge is 2.30. The molecule has 1 aliphatic rings. The number of fused-ring (bicyclic) bond motifs is 1. The Balaban J connectivity index is 1.64. The van der Waals surface area contributed by atoms with E-state index in [1.807, 2.05) is 67.6 Å². The second kappa shape index (κ2) is 6.28. The SMILES string of the molecule is Cc1nn2c(c1-c1ccccc1)N=NC2C(=O)C=Cc1ccccc1. The van der Waals surface area contributed by atoms with Gasteiger partial charge in [-0.2, -0.15) is 10.2 Å². The van der Waals surface area contributed by atoms with Gasteiger partial charge in [0.15, 0.2) is 5.82 Å². The fraction of sp³-hybridized carbons (Fsp3) is 0.100. The van der Waals surface area contributed by atoms with Crippen LogP contribution in [0.15, 0.2) is 77.0 Å². The Kier molecular flexibility index (Phi) is 3.82. The van der Waals surface area contributed by atoms with E-state index in [1.165, 1.54) is 6.08 Å². The Bertz CT molecular complexity index is 972. The van der Waals surface area contributed by atoms with E-state index in [1.54, 1.807) is 10.8 Å². The first-order valence-electron chi connectivity index (χ1n) is 8.06. The summed E-state index contributed by atoms with van der Waals surface area (Å²) in [6.45, 7) is 1.92. The molecule has 1 aliphatic heterocycles. The summed E-state index contributed by atoms with van der Waals surface area (Å²) in [5.41, 5.74) is 3.75. The van der Waals surface area contributed by atoms with Gasteiger partial charge in [-0.05, 0) is 24.1 Å². The van der Waals surface area contributed by atoms with Gasteiger partial charge in [0.2, 0.25) is 11.9 Å². The Morgan fingerprint density at radius 2 is 1.72 bits per heavy atom. The van der Waals surface area contributed by atoms with E-state index in [9.17, 15) is 4.79 Å². The van der Waals surface area contributed by atoms with Gasteiger partial charge in [-0.1, -0.05) is 66.7 Å². The molecule has 0 fully saturated rings. The lowest BCUT2D eigenvalue weighted by molar-refractivity contribution is -0.117. The molecule has 4 rings (SSSR count). The van der Waals surface area contributed by atoms with E-state index in [-0.39, 0.29) is 5.78 Å². The number of benzene rings is 2. The first kappa shape index (κ1) is 15.2. The number of hydrogen-bond acceptors (Lipinski definition) is 4. The van der Waals surface area contributed by atoms with Gasteiger partial charge in [-0.3, -0.25) is 4.79 Å². The lowest BCUT2D eigenvalue weighted by atomic mass is 10.1. The molecule has 0 aliphatic carbocycles. The van der Waals surface area contributed by atoms with Gasteiger partial charge in [0.25, 0.3) is 0 Å². The van der Waals surface area contributed by atoms with E-state index in [2.05, 4.69) is 15.3 Å². The lowest BCUT2D eigenvalue weighted by Crippen LogP contribution is -2.13. The molecule has 122 valence electrons. The van der Waals surface area contributed by atoms with Crippen LogP contribution >= 0.6 is 0 Å². The summed E-state index contributed by atoms with van der Waals surface area (Å²) >= 11 is 0. The van der Waals surface area contributed by atoms with Crippen LogP contribution in [0.1, 0.15) is 17.4 Å². The van der Waals surface area contributed by atoms with Crippen LogP contribution in [-0.4, -0.2) is 15.6 Å². The number of ketones is 1. The molecule has 0 bridgehead atoms. The summed E-state index contributed by atoms with van der Waals surface area (Å²) in [6, 6.07) is 19.6. The van der Waals surface area contributed by atoms with Crippen molar-refractivity contribution in [2.75, 3.05) is 0 Å². The van der Waals surface area contributed by atoms with E-state index < -0.39 is 6.17 Å². The third-order valence-corrected chi connectivity index (χ3v) is 4.11. The first-order chi connectivity index (χ1) is 12.2. The van der Waals surface area contributed by atoms with Crippen molar-refractivity contribution in [3.05, 3.63) is 78.0 Å². The Morgan fingerprint density at radius 3 is 2.44 bits per heavy atom. The molecule has 0 saturated heterocycles. The van der Waals surface area contributed by atoms with Crippen molar-refractivity contribution in [1.29, 1.82) is 0 Å². The number of aryl methyl sites for hydroxylation is 1. The van der Waals surface area contributed by atoms with Gasteiger partial charge >= 0.3 is 0 Å². The van der Waals surface area contributed by atoms with Crippen molar-refractivity contribution in [3.8, 4) is 11.1 Å². The maximum atomic E-state index is 12.5. The fourth-order valence-electron chi connectivity index (χ4n) is 2.91. The van der Waals surface area contributed by atoms with Crippen LogP contribution in [0.3, 0.4) is 0 Å². The molecule has 0 spiro atoms. The van der Waals surface area contributed by atoms with Crippen molar-refractivity contribution in [2.24, 2.45) is 10.2 Å². The maximum absolute atomic E-state index is 12.5. The van der Waals surface area contributed by atoms with Crippen LogP contribution in [0.2, 0.25) is 0 Å². The second-order valence-electron chi connectivity index (χ2n) is 5.83. The van der Waals surface area contributed by atoms with E-state index in [0.29, 0.717) is 5.82 Å². The Hall–Kier alpha value is -3.34. The highest BCUT2D eigenvalue weighted by molar-refractivity contribution is 5.97. The number of rotatable bonds is 4. The molecule has 0 N–H and O–H groups in total. The molecular weight excluding hydrogens is 312 g/mol. The molecule has 1 aromatic heterocycles. The number of aromatic nitrogens is 2.